The first kappa shape index (κ1) is 11.2. The SMILES string of the molecule is COc1ccc(N2Cc3ccccc3C2=S)cc1. The molecule has 18 heavy (non-hydrogen) atoms. The zero-order chi connectivity index (χ0) is 12.5. The smallest absolute Gasteiger partial charge is 0.119 e. The number of anilines is 1. The molecular weight excluding hydrogens is 242 g/mol. The molecule has 0 spiro atoms. The maximum atomic E-state index is 5.53. The van der Waals surface area contributed by atoms with Gasteiger partial charge in [0.1, 0.15) is 10.7 Å². The molecule has 0 fully saturated rings. The van der Waals surface area contributed by atoms with E-state index in [1.807, 2.05) is 30.3 Å². The van der Waals surface area contributed by atoms with Gasteiger partial charge in [-0.2, -0.15) is 0 Å². The molecule has 0 N–H and O–H groups in total. The first-order valence-electron chi connectivity index (χ1n) is 5.83. The third kappa shape index (κ3) is 1.77. The van der Waals surface area contributed by atoms with Crippen LogP contribution in [0, 0.1) is 0 Å². The largest absolute Gasteiger partial charge is 0.497 e. The van der Waals surface area contributed by atoms with Gasteiger partial charge < -0.3 is 9.64 Å². The second-order valence-electron chi connectivity index (χ2n) is 4.25. The van der Waals surface area contributed by atoms with Gasteiger partial charge in [-0.1, -0.05) is 36.5 Å². The number of rotatable bonds is 2. The third-order valence-electron chi connectivity index (χ3n) is 3.21. The summed E-state index contributed by atoms with van der Waals surface area (Å²) in [6.45, 7) is 0.849. The van der Waals surface area contributed by atoms with Crippen molar-refractivity contribution in [3.05, 3.63) is 59.7 Å². The molecule has 3 heteroatoms. The van der Waals surface area contributed by atoms with E-state index in [1.165, 1.54) is 11.1 Å². The van der Waals surface area contributed by atoms with Crippen molar-refractivity contribution < 1.29 is 4.74 Å². The van der Waals surface area contributed by atoms with Crippen molar-refractivity contribution in [2.45, 2.75) is 6.54 Å². The minimum Gasteiger partial charge on any atom is -0.497 e. The highest BCUT2D eigenvalue weighted by Crippen LogP contribution is 2.29. The quantitative estimate of drug-likeness (QED) is 0.763. The summed E-state index contributed by atoms with van der Waals surface area (Å²) < 4.78 is 5.17. The van der Waals surface area contributed by atoms with E-state index in [0.717, 1.165) is 23.0 Å². The fourth-order valence-electron chi connectivity index (χ4n) is 2.23. The average Bonchev–Trinajstić information content (AvgIpc) is 2.77. The van der Waals surface area contributed by atoms with Crippen LogP contribution in [0.3, 0.4) is 0 Å². The second kappa shape index (κ2) is 4.42. The fourth-order valence-corrected chi connectivity index (χ4v) is 2.59. The van der Waals surface area contributed by atoms with E-state index >= 15 is 0 Å². The lowest BCUT2D eigenvalue weighted by Gasteiger charge is -2.18. The van der Waals surface area contributed by atoms with Crippen molar-refractivity contribution in [3.63, 3.8) is 0 Å². The lowest BCUT2D eigenvalue weighted by atomic mass is 10.1. The van der Waals surface area contributed by atoms with Crippen LogP contribution < -0.4 is 9.64 Å². The number of benzene rings is 2. The van der Waals surface area contributed by atoms with E-state index in [-0.39, 0.29) is 0 Å². The highest BCUT2D eigenvalue weighted by atomic mass is 32.1. The van der Waals surface area contributed by atoms with Crippen LogP contribution in [0.25, 0.3) is 0 Å². The average molecular weight is 255 g/mol. The molecule has 0 aliphatic carbocycles. The highest BCUT2D eigenvalue weighted by Gasteiger charge is 2.24. The molecule has 0 unspecified atom stereocenters. The van der Waals surface area contributed by atoms with Crippen LogP contribution >= 0.6 is 12.2 Å². The monoisotopic (exact) mass is 255 g/mol. The van der Waals surface area contributed by atoms with E-state index in [9.17, 15) is 0 Å². The van der Waals surface area contributed by atoms with Crippen LogP contribution in [-0.4, -0.2) is 12.1 Å². The molecule has 3 rings (SSSR count). The molecule has 0 aromatic heterocycles. The molecule has 0 bridgehead atoms. The van der Waals surface area contributed by atoms with E-state index < -0.39 is 0 Å². The number of hydrogen-bond donors (Lipinski definition) is 0. The van der Waals surface area contributed by atoms with Gasteiger partial charge in [-0.3, -0.25) is 0 Å². The lowest BCUT2D eigenvalue weighted by molar-refractivity contribution is 0.415. The Labute approximate surface area is 112 Å². The summed E-state index contributed by atoms with van der Waals surface area (Å²) >= 11 is 5.53. The van der Waals surface area contributed by atoms with Gasteiger partial charge in [0, 0.05) is 17.8 Å². The molecule has 1 aliphatic heterocycles. The summed E-state index contributed by atoms with van der Waals surface area (Å²) in [6, 6.07) is 16.3. The number of ether oxygens (including phenoxy) is 1. The van der Waals surface area contributed by atoms with Crippen LogP contribution in [0.5, 0.6) is 5.75 Å². The van der Waals surface area contributed by atoms with Crippen LogP contribution in [0.4, 0.5) is 5.69 Å². The van der Waals surface area contributed by atoms with Gasteiger partial charge in [0.15, 0.2) is 0 Å². The van der Waals surface area contributed by atoms with Crippen LogP contribution in [0.15, 0.2) is 48.5 Å². The van der Waals surface area contributed by atoms with E-state index in [4.69, 9.17) is 17.0 Å². The lowest BCUT2D eigenvalue weighted by Crippen LogP contribution is -2.21. The molecule has 2 nitrogen and oxygen atoms in total. The summed E-state index contributed by atoms with van der Waals surface area (Å²) in [4.78, 5) is 3.05. The van der Waals surface area contributed by atoms with Gasteiger partial charge >= 0.3 is 0 Å². The topological polar surface area (TPSA) is 12.5 Å². The van der Waals surface area contributed by atoms with Crippen molar-refractivity contribution >= 4 is 22.9 Å². The van der Waals surface area contributed by atoms with Gasteiger partial charge in [-0.25, -0.2) is 0 Å². The number of nitrogens with zero attached hydrogens (tertiary/aromatic N) is 1. The van der Waals surface area contributed by atoms with Gasteiger partial charge in [0.25, 0.3) is 0 Å². The zero-order valence-electron chi connectivity index (χ0n) is 10.1. The molecule has 90 valence electrons. The molecule has 2 aromatic rings. The number of thiocarbonyl (C=S) groups is 1. The summed E-state index contributed by atoms with van der Waals surface area (Å²) in [5.74, 6) is 0.862. The summed E-state index contributed by atoms with van der Waals surface area (Å²) in [6.07, 6.45) is 0. The predicted molar refractivity (Wildman–Crippen MR) is 77.3 cm³/mol. The minimum atomic E-state index is 0.849. The van der Waals surface area contributed by atoms with Crippen molar-refractivity contribution in [2.24, 2.45) is 0 Å². The Kier molecular flexibility index (Phi) is 2.76. The number of fused-ring (bicyclic) bond motifs is 1. The van der Waals surface area contributed by atoms with Crippen LogP contribution in [-0.2, 0) is 6.54 Å². The zero-order valence-corrected chi connectivity index (χ0v) is 10.9. The summed E-state index contributed by atoms with van der Waals surface area (Å²) in [5.41, 5.74) is 3.57. The van der Waals surface area contributed by atoms with Crippen molar-refractivity contribution in [1.82, 2.24) is 0 Å². The number of methoxy groups -OCH3 is 1. The van der Waals surface area contributed by atoms with Crippen molar-refractivity contribution in [3.8, 4) is 5.75 Å². The van der Waals surface area contributed by atoms with Crippen LogP contribution in [0.1, 0.15) is 11.1 Å². The molecule has 2 aromatic carbocycles. The molecule has 0 radical (unpaired) electrons. The Bertz CT molecular complexity index is 592. The predicted octanol–water partition coefficient (Wildman–Crippen LogP) is 3.39. The Morgan fingerprint density at radius 1 is 1.06 bits per heavy atom. The maximum Gasteiger partial charge on any atom is 0.119 e. The normalized spacial score (nSPS) is 13.6. The van der Waals surface area contributed by atoms with Crippen molar-refractivity contribution in [1.29, 1.82) is 0 Å². The first-order valence-corrected chi connectivity index (χ1v) is 6.24. The Balaban J connectivity index is 1.93. The van der Waals surface area contributed by atoms with Gasteiger partial charge in [0.2, 0.25) is 0 Å². The third-order valence-corrected chi connectivity index (χ3v) is 3.65. The molecule has 0 saturated carbocycles. The second-order valence-corrected chi connectivity index (χ2v) is 4.63. The summed E-state index contributed by atoms with van der Waals surface area (Å²) in [5, 5.41) is 0. The van der Waals surface area contributed by atoms with E-state index in [2.05, 4.69) is 23.1 Å². The molecule has 0 saturated heterocycles. The standard InChI is InChI=1S/C15H13NOS/c1-17-13-8-6-12(7-9-13)16-10-11-4-2-3-5-14(11)15(16)18/h2-9H,10H2,1H3. The van der Waals surface area contributed by atoms with E-state index in [1.54, 1.807) is 7.11 Å². The number of hydrogen-bond acceptors (Lipinski definition) is 2. The van der Waals surface area contributed by atoms with E-state index in [0.29, 0.717) is 0 Å². The molecule has 0 amide bonds. The fraction of sp³-hybridized carbons (Fsp3) is 0.133. The highest BCUT2D eigenvalue weighted by molar-refractivity contribution is 7.81. The maximum absolute atomic E-state index is 5.53. The van der Waals surface area contributed by atoms with Gasteiger partial charge in [0.05, 0.1) is 7.11 Å². The molecular formula is C15H13NOS. The van der Waals surface area contributed by atoms with Gasteiger partial charge in [-0.15, -0.1) is 0 Å². The van der Waals surface area contributed by atoms with Crippen LogP contribution in [0.2, 0.25) is 0 Å². The first-order chi connectivity index (χ1) is 8.79. The Morgan fingerprint density at radius 2 is 1.78 bits per heavy atom. The minimum absolute atomic E-state index is 0.849. The molecule has 1 heterocycles. The Hall–Kier alpha value is -1.87. The molecule has 1 aliphatic rings. The van der Waals surface area contributed by atoms with Crippen molar-refractivity contribution in [2.75, 3.05) is 12.0 Å². The Morgan fingerprint density at radius 3 is 2.44 bits per heavy atom. The van der Waals surface area contributed by atoms with Gasteiger partial charge in [-0.05, 0) is 29.8 Å². The molecule has 0 atom stereocenters. The summed E-state index contributed by atoms with van der Waals surface area (Å²) in [7, 11) is 1.67.